The van der Waals surface area contributed by atoms with Crippen molar-refractivity contribution in [1.82, 2.24) is 4.90 Å². The topological polar surface area (TPSA) is 93.1 Å². The third kappa shape index (κ3) is 4.02. The van der Waals surface area contributed by atoms with Crippen LogP contribution in [0.15, 0.2) is 0 Å². The largest absolute Gasteiger partial charge is 0.462 e. The molecule has 1 aromatic carbocycles. The molecule has 0 bridgehead atoms. The van der Waals surface area contributed by atoms with Crippen molar-refractivity contribution >= 4 is 64.2 Å². The summed E-state index contributed by atoms with van der Waals surface area (Å²) in [5.74, 6) is -2.47. The van der Waals surface area contributed by atoms with Crippen LogP contribution >= 0.6 is 46.4 Å². The summed E-state index contributed by atoms with van der Waals surface area (Å²) in [6.45, 7) is -0.712. The van der Waals surface area contributed by atoms with E-state index in [9.17, 15) is 14.4 Å². The number of fused-ring (bicyclic) bond motifs is 1. The Kier molecular flexibility index (Phi) is 6.90. The Hall–Kier alpha value is -1.09. The number of aliphatic hydroxyl groups excluding tert-OH is 1. The molecule has 1 aromatic rings. The SMILES string of the molecule is O=C(CN1C(=O)c2c(Cl)c(Cl)c(Cl)c(Cl)c2C1=O)OCCOCCO. The minimum Gasteiger partial charge on any atom is -0.462 e. The van der Waals surface area contributed by atoms with E-state index >= 15 is 0 Å². The van der Waals surface area contributed by atoms with Crippen LogP contribution in [0.4, 0.5) is 0 Å². The van der Waals surface area contributed by atoms with Crippen molar-refractivity contribution in [1.29, 1.82) is 0 Å². The molecule has 1 aliphatic heterocycles. The van der Waals surface area contributed by atoms with Crippen LogP contribution in [0.3, 0.4) is 0 Å². The van der Waals surface area contributed by atoms with E-state index in [1.807, 2.05) is 0 Å². The van der Waals surface area contributed by atoms with E-state index in [4.69, 9.17) is 61.0 Å². The van der Waals surface area contributed by atoms with Crippen LogP contribution in [0.5, 0.6) is 0 Å². The lowest BCUT2D eigenvalue weighted by atomic mass is 10.1. The fourth-order valence-electron chi connectivity index (χ4n) is 2.09. The van der Waals surface area contributed by atoms with Crippen LogP contribution in [0.2, 0.25) is 20.1 Å². The lowest BCUT2D eigenvalue weighted by molar-refractivity contribution is -0.145. The van der Waals surface area contributed by atoms with Crippen molar-refractivity contribution in [2.75, 3.05) is 33.0 Å². The Morgan fingerprint density at radius 2 is 1.40 bits per heavy atom. The molecule has 0 radical (unpaired) electrons. The summed E-state index contributed by atoms with van der Waals surface area (Å²) in [5, 5.41) is 7.81. The number of halogens is 4. The number of benzene rings is 1. The number of nitrogens with zero attached hydrogens (tertiary/aromatic N) is 1. The molecular formula is C14H11Cl4NO6. The Balaban J connectivity index is 2.11. The van der Waals surface area contributed by atoms with Crippen molar-refractivity contribution in [3.05, 3.63) is 31.2 Å². The van der Waals surface area contributed by atoms with E-state index in [-0.39, 0.29) is 57.6 Å². The van der Waals surface area contributed by atoms with E-state index in [0.29, 0.717) is 4.90 Å². The normalized spacial score (nSPS) is 13.4. The predicted octanol–water partition coefficient (Wildman–Crippen LogP) is 2.45. The molecule has 0 saturated heterocycles. The number of carbonyl (C=O) groups is 3. The Morgan fingerprint density at radius 1 is 0.880 bits per heavy atom. The van der Waals surface area contributed by atoms with Crippen LogP contribution in [0, 0.1) is 0 Å². The first kappa shape index (κ1) is 20.2. The van der Waals surface area contributed by atoms with Gasteiger partial charge in [0.1, 0.15) is 13.2 Å². The average Bonchev–Trinajstić information content (AvgIpc) is 2.82. The molecule has 0 aliphatic carbocycles. The summed E-state index contributed by atoms with van der Waals surface area (Å²) in [7, 11) is 0. The fraction of sp³-hybridized carbons (Fsp3) is 0.357. The summed E-state index contributed by atoms with van der Waals surface area (Å²) < 4.78 is 9.76. The predicted molar refractivity (Wildman–Crippen MR) is 90.7 cm³/mol. The Bertz CT molecular complexity index is 692. The van der Waals surface area contributed by atoms with E-state index in [0.717, 1.165) is 0 Å². The highest BCUT2D eigenvalue weighted by molar-refractivity contribution is 6.55. The van der Waals surface area contributed by atoms with Crippen molar-refractivity contribution in [2.45, 2.75) is 0 Å². The standard InChI is InChI=1S/C14H11Cl4NO6/c15-9-7-8(10(16)12(18)11(9)17)14(23)19(13(7)22)5-6(21)25-4-3-24-2-1-20/h20H,1-5H2. The lowest BCUT2D eigenvalue weighted by Crippen LogP contribution is -2.36. The molecule has 1 N–H and O–H groups in total. The summed E-state index contributed by atoms with van der Waals surface area (Å²) in [5.41, 5.74) is -0.407. The summed E-state index contributed by atoms with van der Waals surface area (Å²) in [6.07, 6.45) is 0. The van der Waals surface area contributed by atoms with Crippen LogP contribution in [-0.4, -0.2) is 60.8 Å². The molecule has 0 fully saturated rings. The Morgan fingerprint density at radius 3 is 1.88 bits per heavy atom. The summed E-state index contributed by atoms with van der Waals surface area (Å²) in [4.78, 5) is 37.2. The first-order valence-electron chi connectivity index (χ1n) is 6.87. The highest BCUT2D eigenvalue weighted by Gasteiger charge is 2.42. The number of hydrogen-bond donors (Lipinski definition) is 1. The highest BCUT2D eigenvalue weighted by atomic mass is 35.5. The first-order chi connectivity index (χ1) is 11.8. The smallest absolute Gasteiger partial charge is 0.326 e. The van der Waals surface area contributed by atoms with Crippen molar-refractivity contribution in [2.24, 2.45) is 0 Å². The minimum absolute atomic E-state index is 0.0668. The maximum atomic E-state index is 12.4. The van der Waals surface area contributed by atoms with Gasteiger partial charge >= 0.3 is 5.97 Å². The van der Waals surface area contributed by atoms with E-state index in [1.165, 1.54) is 0 Å². The summed E-state index contributed by atoms with van der Waals surface area (Å²) >= 11 is 23.7. The quantitative estimate of drug-likeness (QED) is 0.235. The zero-order valence-corrected chi connectivity index (χ0v) is 15.5. The number of esters is 1. The van der Waals surface area contributed by atoms with Gasteiger partial charge in [-0.15, -0.1) is 0 Å². The number of amides is 2. The molecule has 2 rings (SSSR count). The molecule has 25 heavy (non-hydrogen) atoms. The number of aliphatic hydroxyl groups is 1. The second kappa shape index (κ2) is 8.53. The van der Waals surface area contributed by atoms with Crippen LogP contribution in [0.1, 0.15) is 20.7 Å². The van der Waals surface area contributed by atoms with Gasteiger partial charge in [0, 0.05) is 0 Å². The third-order valence-corrected chi connectivity index (χ3v) is 5.00. The number of carbonyl (C=O) groups excluding carboxylic acids is 3. The zero-order chi connectivity index (χ0) is 18.7. The maximum absolute atomic E-state index is 12.4. The third-order valence-electron chi connectivity index (χ3n) is 3.20. The van der Waals surface area contributed by atoms with Crippen LogP contribution in [0.25, 0.3) is 0 Å². The van der Waals surface area contributed by atoms with Gasteiger partial charge in [0.05, 0.1) is 51.0 Å². The van der Waals surface area contributed by atoms with Gasteiger partial charge in [-0.25, -0.2) is 0 Å². The molecule has 0 saturated carbocycles. The number of ether oxygens (including phenoxy) is 2. The zero-order valence-electron chi connectivity index (χ0n) is 12.5. The molecule has 1 aliphatic rings. The molecule has 11 heteroatoms. The highest BCUT2D eigenvalue weighted by Crippen LogP contribution is 2.44. The van der Waals surface area contributed by atoms with Crippen molar-refractivity contribution in [3.63, 3.8) is 0 Å². The van der Waals surface area contributed by atoms with E-state index in [2.05, 4.69) is 0 Å². The van der Waals surface area contributed by atoms with Gasteiger partial charge in [-0.3, -0.25) is 19.3 Å². The van der Waals surface area contributed by atoms with Crippen LogP contribution < -0.4 is 0 Å². The molecule has 0 atom stereocenters. The second-order valence-electron chi connectivity index (χ2n) is 4.76. The number of rotatable bonds is 7. The van der Waals surface area contributed by atoms with Gasteiger partial charge in [-0.1, -0.05) is 46.4 Å². The summed E-state index contributed by atoms with van der Waals surface area (Å²) in [6, 6.07) is 0. The van der Waals surface area contributed by atoms with Gasteiger partial charge in [0.15, 0.2) is 0 Å². The molecule has 7 nitrogen and oxygen atoms in total. The first-order valence-corrected chi connectivity index (χ1v) is 8.38. The van der Waals surface area contributed by atoms with Gasteiger partial charge < -0.3 is 14.6 Å². The van der Waals surface area contributed by atoms with E-state index < -0.39 is 24.3 Å². The molecule has 0 unspecified atom stereocenters. The molecule has 2 amide bonds. The van der Waals surface area contributed by atoms with E-state index in [1.54, 1.807) is 0 Å². The van der Waals surface area contributed by atoms with Gasteiger partial charge in [-0.05, 0) is 0 Å². The average molecular weight is 431 g/mol. The maximum Gasteiger partial charge on any atom is 0.326 e. The monoisotopic (exact) mass is 429 g/mol. The van der Waals surface area contributed by atoms with Gasteiger partial charge in [-0.2, -0.15) is 0 Å². The van der Waals surface area contributed by atoms with Crippen molar-refractivity contribution < 1.29 is 29.0 Å². The number of hydrogen-bond acceptors (Lipinski definition) is 6. The van der Waals surface area contributed by atoms with Crippen LogP contribution in [-0.2, 0) is 14.3 Å². The molecule has 136 valence electrons. The molecular weight excluding hydrogens is 420 g/mol. The fourth-order valence-corrected chi connectivity index (χ4v) is 3.11. The number of imide groups is 1. The van der Waals surface area contributed by atoms with Gasteiger partial charge in [0.25, 0.3) is 11.8 Å². The molecule has 1 heterocycles. The molecule has 0 spiro atoms. The second-order valence-corrected chi connectivity index (χ2v) is 6.27. The van der Waals surface area contributed by atoms with Crippen molar-refractivity contribution in [3.8, 4) is 0 Å². The minimum atomic E-state index is -0.827. The van der Waals surface area contributed by atoms with Gasteiger partial charge in [0.2, 0.25) is 0 Å². The Labute approximate surface area is 162 Å². The molecule has 0 aromatic heterocycles. The lowest BCUT2D eigenvalue weighted by Gasteiger charge is -2.13.